The molecule has 0 spiro atoms. The second kappa shape index (κ2) is 11.2. The molecule has 1 aromatic heterocycles. The van der Waals surface area contributed by atoms with Gasteiger partial charge in [-0.3, -0.25) is 4.90 Å². The minimum absolute atomic E-state index is 0.349. The van der Waals surface area contributed by atoms with Gasteiger partial charge < -0.3 is 14.6 Å². The Bertz CT molecular complexity index is 991. The number of aliphatic hydroxyl groups excluding tert-OH is 1. The average Bonchev–Trinajstić information content (AvgIpc) is 3.09. The molecule has 6 nitrogen and oxygen atoms in total. The highest BCUT2D eigenvalue weighted by Gasteiger charge is 2.22. The summed E-state index contributed by atoms with van der Waals surface area (Å²) in [6.07, 6.45) is 0.164. The third-order valence-corrected chi connectivity index (χ3v) is 5.17. The van der Waals surface area contributed by atoms with E-state index in [1.54, 1.807) is 36.1 Å². The molecule has 0 aliphatic rings. The molecule has 1 atom stereocenters. The molecule has 2 aromatic carbocycles. The first-order valence-corrected chi connectivity index (χ1v) is 10.6. The van der Waals surface area contributed by atoms with E-state index in [1.807, 2.05) is 13.8 Å². The van der Waals surface area contributed by atoms with E-state index in [2.05, 4.69) is 10.00 Å². The predicted molar refractivity (Wildman–Crippen MR) is 118 cm³/mol. The second-order valence-electron chi connectivity index (χ2n) is 7.60. The lowest BCUT2D eigenvalue weighted by Crippen LogP contribution is -2.34. The van der Waals surface area contributed by atoms with E-state index in [-0.39, 0.29) is 11.6 Å². The number of hydrogen-bond acceptors (Lipinski definition) is 5. The number of halogens is 2. The molecule has 32 heavy (non-hydrogen) atoms. The zero-order valence-electron chi connectivity index (χ0n) is 18.6. The summed E-state index contributed by atoms with van der Waals surface area (Å²) in [6.45, 7) is 5.86. The molecule has 0 radical (unpaired) electrons. The van der Waals surface area contributed by atoms with Gasteiger partial charge in [-0.2, -0.15) is 5.10 Å². The minimum Gasteiger partial charge on any atom is -0.439 e. The third-order valence-electron chi connectivity index (χ3n) is 5.17. The third kappa shape index (κ3) is 6.12. The van der Waals surface area contributed by atoms with Gasteiger partial charge >= 0.3 is 0 Å². The van der Waals surface area contributed by atoms with E-state index in [1.165, 1.54) is 24.3 Å². The fraction of sp³-hybridized carbons (Fsp3) is 0.375. The molecule has 0 fully saturated rings. The van der Waals surface area contributed by atoms with Gasteiger partial charge in [0.2, 0.25) is 5.88 Å². The second-order valence-corrected chi connectivity index (χ2v) is 7.60. The smallest absolute Gasteiger partial charge is 0.227 e. The van der Waals surface area contributed by atoms with Gasteiger partial charge in [-0.15, -0.1) is 0 Å². The van der Waals surface area contributed by atoms with E-state index < -0.39 is 6.10 Å². The van der Waals surface area contributed by atoms with Crippen LogP contribution in [-0.2, 0) is 11.3 Å². The van der Waals surface area contributed by atoms with Crippen molar-refractivity contribution in [2.75, 3.05) is 26.8 Å². The SMILES string of the molecule is CCC(O)CN(CCOC)Cc1c(C)nn(-c2ccc(F)cc2)c1Oc1ccc(F)cc1. The van der Waals surface area contributed by atoms with Gasteiger partial charge in [-0.25, -0.2) is 13.5 Å². The fourth-order valence-electron chi connectivity index (χ4n) is 3.30. The Hall–Kier alpha value is -2.81. The molecule has 0 saturated carbocycles. The number of nitrogens with zero attached hydrogens (tertiary/aromatic N) is 3. The lowest BCUT2D eigenvalue weighted by Gasteiger charge is -2.24. The van der Waals surface area contributed by atoms with Crippen molar-refractivity contribution in [2.45, 2.75) is 32.9 Å². The first kappa shape index (κ1) is 23.8. The monoisotopic (exact) mass is 445 g/mol. The molecule has 0 aliphatic carbocycles. The van der Waals surface area contributed by atoms with Gasteiger partial charge in [0.1, 0.15) is 17.4 Å². The normalized spacial score (nSPS) is 12.3. The van der Waals surface area contributed by atoms with Crippen molar-refractivity contribution < 1.29 is 23.4 Å². The molecule has 1 N–H and O–H groups in total. The lowest BCUT2D eigenvalue weighted by atomic mass is 10.2. The van der Waals surface area contributed by atoms with Crippen LogP contribution >= 0.6 is 0 Å². The van der Waals surface area contributed by atoms with E-state index in [0.717, 1.165) is 11.3 Å². The Kier molecular flexibility index (Phi) is 8.33. The molecule has 0 amide bonds. The van der Waals surface area contributed by atoms with Crippen molar-refractivity contribution >= 4 is 0 Å². The Morgan fingerprint density at radius 3 is 2.28 bits per heavy atom. The summed E-state index contributed by atoms with van der Waals surface area (Å²) in [7, 11) is 1.63. The van der Waals surface area contributed by atoms with Gasteiger partial charge in [0.15, 0.2) is 0 Å². The molecular weight excluding hydrogens is 416 g/mol. The van der Waals surface area contributed by atoms with Gasteiger partial charge in [0.05, 0.1) is 29.7 Å². The number of ether oxygens (including phenoxy) is 2. The Morgan fingerprint density at radius 2 is 1.69 bits per heavy atom. The minimum atomic E-state index is -0.472. The maximum atomic E-state index is 13.5. The Balaban J connectivity index is 2.00. The summed E-state index contributed by atoms with van der Waals surface area (Å²) in [4.78, 5) is 2.08. The van der Waals surface area contributed by atoms with Gasteiger partial charge in [-0.1, -0.05) is 6.92 Å². The zero-order chi connectivity index (χ0) is 23.1. The van der Waals surface area contributed by atoms with Crippen LogP contribution < -0.4 is 4.74 Å². The molecule has 0 saturated heterocycles. The van der Waals surface area contributed by atoms with E-state index in [9.17, 15) is 13.9 Å². The number of aryl methyl sites for hydroxylation is 1. The number of aromatic nitrogens is 2. The zero-order valence-corrected chi connectivity index (χ0v) is 18.6. The van der Waals surface area contributed by atoms with Crippen molar-refractivity contribution in [3.63, 3.8) is 0 Å². The molecule has 3 rings (SSSR count). The first-order valence-electron chi connectivity index (χ1n) is 10.6. The topological polar surface area (TPSA) is 59.8 Å². The van der Waals surface area contributed by atoms with Crippen LogP contribution in [0.5, 0.6) is 11.6 Å². The van der Waals surface area contributed by atoms with Crippen molar-refractivity contribution in [2.24, 2.45) is 0 Å². The number of benzene rings is 2. The van der Waals surface area contributed by atoms with Crippen molar-refractivity contribution in [1.29, 1.82) is 0 Å². The van der Waals surface area contributed by atoms with Crippen LogP contribution in [0.25, 0.3) is 5.69 Å². The highest BCUT2D eigenvalue weighted by molar-refractivity contribution is 5.43. The summed E-state index contributed by atoms with van der Waals surface area (Å²) < 4.78 is 39.9. The van der Waals surface area contributed by atoms with Crippen LogP contribution in [0.2, 0.25) is 0 Å². The lowest BCUT2D eigenvalue weighted by molar-refractivity contribution is 0.0825. The van der Waals surface area contributed by atoms with Crippen LogP contribution in [0.15, 0.2) is 48.5 Å². The number of methoxy groups -OCH3 is 1. The Labute approximate surface area is 187 Å². The van der Waals surface area contributed by atoms with E-state index in [4.69, 9.17) is 9.47 Å². The van der Waals surface area contributed by atoms with Crippen molar-refractivity contribution in [1.82, 2.24) is 14.7 Å². The maximum absolute atomic E-state index is 13.5. The summed E-state index contributed by atoms with van der Waals surface area (Å²) in [6, 6.07) is 11.7. The van der Waals surface area contributed by atoms with E-state index >= 15 is 0 Å². The summed E-state index contributed by atoms with van der Waals surface area (Å²) in [5.74, 6) is 0.195. The molecule has 0 aliphatic heterocycles. The highest BCUT2D eigenvalue weighted by Crippen LogP contribution is 2.32. The number of hydrogen-bond donors (Lipinski definition) is 1. The predicted octanol–water partition coefficient (Wildman–Crippen LogP) is 4.47. The summed E-state index contributed by atoms with van der Waals surface area (Å²) in [5.41, 5.74) is 2.19. The maximum Gasteiger partial charge on any atom is 0.227 e. The molecular formula is C24H29F2N3O3. The molecule has 8 heteroatoms. The van der Waals surface area contributed by atoms with Crippen LogP contribution in [-0.4, -0.2) is 52.7 Å². The number of aliphatic hydroxyl groups is 1. The summed E-state index contributed by atoms with van der Waals surface area (Å²) >= 11 is 0. The van der Waals surface area contributed by atoms with Crippen LogP contribution in [0.1, 0.15) is 24.6 Å². The molecule has 0 bridgehead atoms. The largest absolute Gasteiger partial charge is 0.439 e. The number of rotatable bonds is 11. The van der Waals surface area contributed by atoms with Gasteiger partial charge in [-0.05, 0) is 61.9 Å². The van der Waals surface area contributed by atoms with Gasteiger partial charge in [0, 0.05) is 26.7 Å². The van der Waals surface area contributed by atoms with Crippen molar-refractivity contribution in [3.8, 4) is 17.3 Å². The van der Waals surface area contributed by atoms with Crippen LogP contribution in [0.3, 0.4) is 0 Å². The quantitative estimate of drug-likeness (QED) is 0.472. The standard InChI is InChI=1S/C24H29F2N3O3/c1-4-21(30)15-28(13-14-31-3)16-23-17(2)27-29(20-9-5-18(25)6-10-20)24(23)32-22-11-7-19(26)8-12-22/h5-12,21,30H,4,13-16H2,1-3H3. The molecule has 172 valence electrons. The van der Waals surface area contributed by atoms with Gasteiger partial charge in [0.25, 0.3) is 0 Å². The molecule has 1 heterocycles. The molecule has 3 aromatic rings. The molecule has 1 unspecified atom stereocenters. The first-order chi connectivity index (χ1) is 15.4. The van der Waals surface area contributed by atoms with Crippen LogP contribution in [0, 0.1) is 18.6 Å². The average molecular weight is 446 g/mol. The fourth-order valence-corrected chi connectivity index (χ4v) is 3.30. The van der Waals surface area contributed by atoms with E-state index in [0.29, 0.717) is 50.0 Å². The highest BCUT2D eigenvalue weighted by atomic mass is 19.1. The van der Waals surface area contributed by atoms with Crippen molar-refractivity contribution in [3.05, 3.63) is 71.4 Å². The summed E-state index contributed by atoms with van der Waals surface area (Å²) in [5, 5.41) is 14.8. The Morgan fingerprint density at radius 1 is 1.06 bits per heavy atom. The van der Waals surface area contributed by atoms with Crippen LogP contribution in [0.4, 0.5) is 8.78 Å².